The fourth-order valence-corrected chi connectivity index (χ4v) is 8.96. The minimum absolute atomic E-state index is 0.0155. The molecular formula is C49H87N7O24. The first-order valence-corrected chi connectivity index (χ1v) is 26.9. The highest BCUT2D eigenvalue weighted by molar-refractivity contribution is 5.81. The number of ether oxygens (including phenoxy) is 7. The van der Waals surface area contributed by atoms with E-state index in [0.29, 0.717) is 25.7 Å². The number of methoxy groups -OCH3 is 1. The molecule has 462 valence electrons. The highest BCUT2D eigenvalue weighted by Crippen LogP contribution is 2.25. The third kappa shape index (κ3) is 23.1. The van der Waals surface area contributed by atoms with Gasteiger partial charge in [0.25, 0.3) is 5.91 Å². The van der Waals surface area contributed by atoms with Crippen molar-refractivity contribution in [3.05, 3.63) is 0 Å². The van der Waals surface area contributed by atoms with Crippen LogP contribution in [-0.4, -0.2) is 293 Å². The number of amides is 7. The van der Waals surface area contributed by atoms with Crippen LogP contribution in [0.5, 0.6) is 0 Å². The summed E-state index contributed by atoms with van der Waals surface area (Å²) in [7, 11) is 1.29. The third-order valence-corrected chi connectivity index (χ3v) is 13.3. The van der Waals surface area contributed by atoms with Crippen LogP contribution in [0.15, 0.2) is 0 Å². The molecule has 0 aromatic rings. The normalized spacial score (nSPS) is 28.9. The molecule has 0 radical (unpaired) electrons. The molecule has 3 aliphatic rings. The fraction of sp³-hybridized carbons (Fsp3) is 0.857. The molecule has 3 saturated heterocycles. The molecule has 3 heterocycles. The Bertz CT molecular complexity index is 1900. The lowest BCUT2D eigenvalue weighted by atomic mass is 9.97. The molecule has 80 heavy (non-hydrogen) atoms. The predicted octanol–water partition coefficient (Wildman–Crippen LogP) is -7.72. The molecule has 7 amide bonds. The molecule has 15 N–H and O–H groups in total. The summed E-state index contributed by atoms with van der Waals surface area (Å²) in [5, 5.41) is 115. The quantitative estimate of drug-likeness (QED) is 0.0259. The van der Waals surface area contributed by atoms with Gasteiger partial charge in [-0.05, 0) is 38.5 Å². The summed E-state index contributed by atoms with van der Waals surface area (Å²) in [6.45, 7) is 0.930. The van der Waals surface area contributed by atoms with E-state index in [1.165, 1.54) is 37.7 Å². The van der Waals surface area contributed by atoms with Crippen LogP contribution < -0.4 is 26.6 Å². The lowest BCUT2D eigenvalue weighted by Crippen LogP contribution is -2.64. The van der Waals surface area contributed by atoms with Gasteiger partial charge in [-0.25, -0.2) is 0 Å². The second-order valence-electron chi connectivity index (χ2n) is 19.7. The van der Waals surface area contributed by atoms with E-state index in [-0.39, 0.29) is 104 Å². The molecule has 0 bridgehead atoms. The molecule has 0 saturated carbocycles. The average molecular weight is 1160 g/mol. The Hall–Kier alpha value is -4.39. The Balaban J connectivity index is 1.60. The van der Waals surface area contributed by atoms with Crippen LogP contribution in [0, 0.1) is 0 Å². The predicted molar refractivity (Wildman–Crippen MR) is 273 cm³/mol. The Morgan fingerprint density at radius 2 is 0.825 bits per heavy atom. The number of rotatable bonds is 36. The smallest absolute Gasteiger partial charge is 0.253 e. The van der Waals surface area contributed by atoms with Crippen LogP contribution in [0.3, 0.4) is 0 Å². The van der Waals surface area contributed by atoms with Gasteiger partial charge in [-0.3, -0.25) is 33.6 Å². The molecule has 31 heteroatoms. The summed E-state index contributed by atoms with van der Waals surface area (Å²) in [6.07, 6.45) is -16.0. The van der Waals surface area contributed by atoms with Gasteiger partial charge < -0.3 is 121 Å². The zero-order valence-electron chi connectivity index (χ0n) is 45.9. The highest BCUT2D eigenvalue weighted by Gasteiger charge is 2.48. The third-order valence-electron chi connectivity index (χ3n) is 13.3. The fourth-order valence-electron chi connectivity index (χ4n) is 8.96. The second-order valence-corrected chi connectivity index (χ2v) is 19.7. The van der Waals surface area contributed by atoms with Gasteiger partial charge in [0, 0.05) is 106 Å². The summed E-state index contributed by atoms with van der Waals surface area (Å²) < 4.78 is 38.9. The molecule has 10 unspecified atom stereocenters. The van der Waals surface area contributed by atoms with Crippen molar-refractivity contribution in [2.75, 3.05) is 92.6 Å². The number of unbranched alkanes of at least 4 members (excludes halogenated alkanes) is 3. The number of hydrogen-bond acceptors (Lipinski definition) is 24. The summed E-state index contributed by atoms with van der Waals surface area (Å²) in [5.41, 5.74) is 0. The van der Waals surface area contributed by atoms with Gasteiger partial charge in [0.05, 0.1) is 26.4 Å². The first kappa shape index (κ1) is 69.9. The first-order valence-electron chi connectivity index (χ1n) is 26.9. The van der Waals surface area contributed by atoms with Crippen molar-refractivity contribution >= 4 is 41.4 Å². The SMILES string of the molecule is COCC(O)C(=O)N(CCNC(=O)CCCCO[C@@H]1OC(CO)[C@H](O)C(O)C1NC(C)=O)CCN(CCNC(=O)CCCCO[C@@H]1OC(CO)[C@H](O)C(O)C1NC(C)=O)C(=O)CCCCO[C@@H]1OC(CO)[C@H](O)C(O)C1NC(C)=O. The largest absolute Gasteiger partial charge is 0.394 e. The van der Waals surface area contributed by atoms with Crippen molar-refractivity contribution in [1.29, 1.82) is 0 Å². The van der Waals surface area contributed by atoms with Gasteiger partial charge in [0.15, 0.2) is 25.0 Å². The molecular weight excluding hydrogens is 1070 g/mol. The number of carbonyl (C=O) groups is 7. The van der Waals surface area contributed by atoms with Crippen LogP contribution in [0.1, 0.15) is 78.6 Å². The molecule has 31 nitrogen and oxygen atoms in total. The van der Waals surface area contributed by atoms with E-state index in [1.807, 2.05) is 0 Å². The van der Waals surface area contributed by atoms with Crippen LogP contribution >= 0.6 is 0 Å². The van der Waals surface area contributed by atoms with E-state index in [2.05, 4.69) is 26.6 Å². The van der Waals surface area contributed by atoms with Gasteiger partial charge in [-0.2, -0.15) is 0 Å². The molecule has 3 fully saturated rings. The summed E-state index contributed by atoms with van der Waals surface area (Å²) in [4.78, 5) is 91.2. The topological polar surface area (TPSA) is 453 Å². The molecule has 3 aliphatic heterocycles. The van der Waals surface area contributed by atoms with Crippen molar-refractivity contribution < 1.29 is 118 Å². The Morgan fingerprint density at radius 3 is 1.16 bits per heavy atom. The number of aliphatic hydroxyl groups is 10. The van der Waals surface area contributed by atoms with E-state index < -0.39 is 153 Å². The Morgan fingerprint density at radius 1 is 0.487 bits per heavy atom. The lowest BCUT2D eigenvalue weighted by Gasteiger charge is -2.42. The number of nitrogens with one attached hydrogen (secondary N) is 5. The Labute approximate surface area is 463 Å². The van der Waals surface area contributed by atoms with Crippen molar-refractivity contribution in [1.82, 2.24) is 36.4 Å². The van der Waals surface area contributed by atoms with Crippen molar-refractivity contribution in [3.63, 3.8) is 0 Å². The van der Waals surface area contributed by atoms with Crippen LogP contribution in [0.25, 0.3) is 0 Å². The molecule has 0 aliphatic carbocycles. The van der Waals surface area contributed by atoms with Crippen molar-refractivity contribution in [3.8, 4) is 0 Å². The Kier molecular flexibility index (Phi) is 32.3. The molecule has 0 aromatic carbocycles. The van der Waals surface area contributed by atoms with E-state index in [1.54, 1.807) is 0 Å². The summed E-state index contributed by atoms with van der Waals surface area (Å²) in [5.74, 6) is -3.49. The molecule has 16 atom stereocenters. The molecule has 0 spiro atoms. The zero-order chi connectivity index (χ0) is 59.5. The van der Waals surface area contributed by atoms with Crippen molar-refractivity contribution in [2.24, 2.45) is 0 Å². The lowest BCUT2D eigenvalue weighted by molar-refractivity contribution is -0.270. The molecule has 0 aromatic heterocycles. The van der Waals surface area contributed by atoms with E-state index in [9.17, 15) is 84.6 Å². The van der Waals surface area contributed by atoms with Crippen LogP contribution in [0.4, 0.5) is 0 Å². The van der Waals surface area contributed by atoms with Crippen LogP contribution in [0.2, 0.25) is 0 Å². The monoisotopic (exact) mass is 1160 g/mol. The van der Waals surface area contributed by atoms with E-state index in [4.69, 9.17) is 33.2 Å². The maximum Gasteiger partial charge on any atom is 0.253 e. The van der Waals surface area contributed by atoms with Crippen LogP contribution in [-0.2, 0) is 66.7 Å². The standard InChI is InChI=1S/C49H87N7O24/c1-27(60)52-37-43(70)40(67)31(23-57)78-47(37)75-20-8-5-11-34(64)50-14-16-55(36(66)13-7-10-22-77-49-39(54-29(3)62)45(72)42(69)33(25-59)80-49)18-19-56(46(73)30(63)26-74-4)17-15-51-35(65)12-6-9-21-76-48-38(53-28(2)61)44(71)41(68)32(24-58)79-48/h30-33,37-45,47-49,57-59,63,67-72H,5-26H2,1-4H3,(H,50,64)(H,51,65)(H,52,60)(H,53,61)(H,54,62)/t30?,31?,32?,33?,37?,38?,39?,40-,41-,42-,43?,44?,45?,47+,48+,49+/m0/s1. The number of carbonyl (C=O) groups excluding carboxylic acids is 7. The van der Waals surface area contributed by atoms with E-state index in [0.717, 1.165) is 0 Å². The van der Waals surface area contributed by atoms with Gasteiger partial charge in [-0.1, -0.05) is 0 Å². The minimum Gasteiger partial charge on any atom is -0.394 e. The molecule has 3 rings (SSSR count). The minimum atomic E-state index is -1.60. The maximum atomic E-state index is 13.9. The van der Waals surface area contributed by atoms with Crippen molar-refractivity contribution in [2.45, 2.75) is 177 Å². The maximum absolute atomic E-state index is 13.9. The average Bonchev–Trinajstić information content (AvgIpc) is 3.42. The van der Waals surface area contributed by atoms with Gasteiger partial charge in [0.2, 0.25) is 35.4 Å². The van der Waals surface area contributed by atoms with Gasteiger partial charge in [-0.15, -0.1) is 0 Å². The second kappa shape index (κ2) is 36.9. The highest BCUT2D eigenvalue weighted by atomic mass is 16.7. The first-order chi connectivity index (χ1) is 38.1. The summed E-state index contributed by atoms with van der Waals surface area (Å²) >= 11 is 0. The van der Waals surface area contributed by atoms with Gasteiger partial charge >= 0.3 is 0 Å². The summed E-state index contributed by atoms with van der Waals surface area (Å²) in [6, 6.07) is -3.43. The zero-order valence-corrected chi connectivity index (χ0v) is 45.9. The number of aliphatic hydroxyl groups excluding tert-OH is 10. The number of hydrogen-bond donors (Lipinski definition) is 15. The number of nitrogens with zero attached hydrogens (tertiary/aromatic N) is 2. The van der Waals surface area contributed by atoms with Gasteiger partial charge in [0.1, 0.15) is 73.1 Å². The van der Waals surface area contributed by atoms with E-state index >= 15 is 0 Å².